The van der Waals surface area contributed by atoms with Gasteiger partial charge in [0.2, 0.25) is 0 Å². The Hall–Kier alpha value is -2.87. The molecule has 3 rings (SSSR count). The number of benzene rings is 1. The van der Waals surface area contributed by atoms with Gasteiger partial charge in [-0.15, -0.1) is 0 Å². The molecule has 0 saturated heterocycles. The Kier molecular flexibility index (Phi) is 7.94. The maximum atomic E-state index is 13.3. The molecule has 0 unspecified atom stereocenters. The second-order valence-electron chi connectivity index (χ2n) is 10.4. The van der Waals surface area contributed by atoms with Crippen molar-refractivity contribution in [2.45, 2.75) is 83.8 Å². The number of ether oxygens (including phenoxy) is 1. The Balaban J connectivity index is 2.13. The van der Waals surface area contributed by atoms with Crippen LogP contribution in [0.2, 0.25) is 0 Å². The minimum absolute atomic E-state index is 0.0111. The zero-order valence-electron chi connectivity index (χ0n) is 21.2. The second kappa shape index (κ2) is 10.4. The van der Waals surface area contributed by atoms with Crippen molar-refractivity contribution in [2.75, 3.05) is 4.72 Å². The molecule has 7 nitrogen and oxygen atoms in total. The molecule has 1 aliphatic rings. The maximum Gasteiger partial charge on any atom is 0.342 e. The number of nitrogens with one attached hydrogen (secondary N) is 1. The Bertz CT molecular complexity index is 1190. The topological polar surface area (TPSA) is 106 Å². The molecule has 8 heteroatoms. The lowest BCUT2D eigenvalue weighted by molar-refractivity contribution is -0.157. The minimum atomic E-state index is -3.96. The van der Waals surface area contributed by atoms with Crippen molar-refractivity contribution in [3.8, 4) is 0 Å². The van der Waals surface area contributed by atoms with E-state index < -0.39 is 21.6 Å². The monoisotopic (exact) mass is 500 g/mol. The number of cyclic esters (lactones) is 1. The van der Waals surface area contributed by atoms with Gasteiger partial charge in [0, 0.05) is 12.6 Å². The molecule has 0 bridgehead atoms. The van der Waals surface area contributed by atoms with E-state index in [4.69, 9.17) is 4.74 Å². The van der Waals surface area contributed by atoms with Gasteiger partial charge in [0.25, 0.3) is 10.0 Å². The Morgan fingerprint density at radius 2 is 1.77 bits per heavy atom. The van der Waals surface area contributed by atoms with E-state index in [-0.39, 0.29) is 28.2 Å². The van der Waals surface area contributed by atoms with Crippen molar-refractivity contribution < 1.29 is 23.1 Å². The van der Waals surface area contributed by atoms with Gasteiger partial charge in [0.15, 0.2) is 5.03 Å². The SMILES string of the molecule is CCCC1(CCC)CC(O)=C(c2cccc(NS(=O)(=O)c3ccccn3)c2CC(C)(C)C)C(=O)O1. The normalized spacial score (nSPS) is 16.2. The van der Waals surface area contributed by atoms with Crippen LogP contribution >= 0.6 is 0 Å². The van der Waals surface area contributed by atoms with Gasteiger partial charge >= 0.3 is 5.97 Å². The summed E-state index contributed by atoms with van der Waals surface area (Å²) in [5, 5.41) is 11.0. The van der Waals surface area contributed by atoms with Crippen LogP contribution in [0.15, 0.2) is 53.4 Å². The number of sulfonamides is 1. The number of nitrogens with zero attached hydrogens (tertiary/aromatic N) is 1. The van der Waals surface area contributed by atoms with Crippen molar-refractivity contribution in [3.05, 3.63) is 59.5 Å². The van der Waals surface area contributed by atoms with Gasteiger partial charge in [0.05, 0.1) is 5.69 Å². The number of anilines is 1. The Morgan fingerprint density at radius 1 is 1.09 bits per heavy atom. The fourth-order valence-electron chi connectivity index (χ4n) is 4.72. The third kappa shape index (κ3) is 6.23. The van der Waals surface area contributed by atoms with Crippen LogP contribution in [0.25, 0.3) is 5.57 Å². The van der Waals surface area contributed by atoms with Gasteiger partial charge in [-0.1, -0.05) is 65.7 Å². The van der Waals surface area contributed by atoms with Crippen LogP contribution in [0.4, 0.5) is 5.69 Å². The number of aromatic nitrogens is 1. The van der Waals surface area contributed by atoms with Gasteiger partial charge in [-0.05, 0) is 54.0 Å². The molecule has 0 saturated carbocycles. The summed E-state index contributed by atoms with van der Waals surface area (Å²) in [5.74, 6) is -0.585. The number of aliphatic hydroxyl groups is 1. The zero-order valence-corrected chi connectivity index (χ0v) is 22.0. The predicted octanol–water partition coefficient (Wildman–Crippen LogP) is 6.03. The van der Waals surface area contributed by atoms with Gasteiger partial charge in [-0.3, -0.25) is 4.72 Å². The molecule has 1 aromatic carbocycles. The van der Waals surface area contributed by atoms with Crippen molar-refractivity contribution in [2.24, 2.45) is 5.41 Å². The highest BCUT2D eigenvalue weighted by Gasteiger charge is 2.42. The number of aliphatic hydroxyl groups excluding tert-OH is 1. The molecule has 1 aromatic heterocycles. The summed E-state index contributed by atoms with van der Waals surface area (Å²) in [6, 6.07) is 9.74. The number of rotatable bonds is 9. The van der Waals surface area contributed by atoms with Crippen LogP contribution in [0.5, 0.6) is 0 Å². The number of hydrogen-bond donors (Lipinski definition) is 2. The molecule has 35 heavy (non-hydrogen) atoms. The number of esters is 1. The highest BCUT2D eigenvalue weighted by Crippen LogP contribution is 2.42. The molecule has 0 radical (unpaired) electrons. The lowest BCUT2D eigenvalue weighted by Gasteiger charge is -2.37. The molecule has 0 fully saturated rings. The van der Waals surface area contributed by atoms with E-state index in [2.05, 4.69) is 9.71 Å². The maximum absolute atomic E-state index is 13.3. The molecular formula is C27H36N2O5S. The average Bonchev–Trinajstić information content (AvgIpc) is 2.75. The molecule has 1 aliphatic heterocycles. The first-order valence-corrected chi connectivity index (χ1v) is 13.6. The van der Waals surface area contributed by atoms with Crippen LogP contribution < -0.4 is 4.72 Å². The summed E-state index contributed by atoms with van der Waals surface area (Å²) in [6.45, 7) is 10.1. The first-order valence-electron chi connectivity index (χ1n) is 12.1. The summed E-state index contributed by atoms with van der Waals surface area (Å²) in [4.78, 5) is 17.3. The molecule has 0 amide bonds. The summed E-state index contributed by atoms with van der Waals surface area (Å²) in [6.07, 6.45) is 5.12. The predicted molar refractivity (Wildman–Crippen MR) is 137 cm³/mol. The summed E-state index contributed by atoms with van der Waals surface area (Å²) in [5.41, 5.74) is 0.601. The summed E-state index contributed by atoms with van der Waals surface area (Å²) in [7, 11) is -3.96. The molecule has 0 atom stereocenters. The lowest BCUT2D eigenvalue weighted by Crippen LogP contribution is -2.40. The first kappa shape index (κ1) is 26.7. The second-order valence-corrected chi connectivity index (χ2v) is 12.0. The average molecular weight is 501 g/mol. The number of hydrogen-bond acceptors (Lipinski definition) is 6. The van der Waals surface area contributed by atoms with Crippen LogP contribution in [-0.4, -0.2) is 30.1 Å². The Labute approximate surface area is 208 Å². The van der Waals surface area contributed by atoms with E-state index in [1.165, 1.54) is 12.3 Å². The van der Waals surface area contributed by atoms with Crippen molar-refractivity contribution in [3.63, 3.8) is 0 Å². The van der Waals surface area contributed by atoms with Crippen molar-refractivity contribution >= 4 is 27.3 Å². The standard InChI is InChI=1S/C27H36N2O5S/c1-6-14-27(15-7-2)18-22(30)24(25(31)34-27)19-11-10-12-21(20(19)17-26(3,4)5)29-35(32,33)23-13-8-9-16-28-23/h8-13,16,29-30H,6-7,14-15,17-18H2,1-5H3. The van der Waals surface area contributed by atoms with Crippen molar-refractivity contribution in [1.29, 1.82) is 0 Å². The van der Waals surface area contributed by atoms with Crippen LogP contribution in [0.1, 0.15) is 77.8 Å². The summed E-state index contributed by atoms with van der Waals surface area (Å²) < 4.78 is 34.7. The molecule has 2 N–H and O–H groups in total. The molecule has 0 aliphatic carbocycles. The van der Waals surface area contributed by atoms with E-state index >= 15 is 0 Å². The molecule has 190 valence electrons. The third-order valence-electron chi connectivity index (χ3n) is 6.01. The number of pyridine rings is 1. The van der Waals surface area contributed by atoms with E-state index in [0.29, 0.717) is 36.1 Å². The third-order valence-corrected chi connectivity index (χ3v) is 7.29. The van der Waals surface area contributed by atoms with E-state index in [0.717, 1.165) is 12.8 Å². The van der Waals surface area contributed by atoms with Crippen molar-refractivity contribution in [1.82, 2.24) is 4.98 Å². The number of carbonyl (C=O) groups excluding carboxylic acids is 1. The fourth-order valence-corrected chi connectivity index (χ4v) is 5.76. The van der Waals surface area contributed by atoms with Crippen LogP contribution in [-0.2, 0) is 26.0 Å². The smallest absolute Gasteiger partial charge is 0.342 e. The van der Waals surface area contributed by atoms with Gasteiger partial charge in [-0.2, -0.15) is 8.42 Å². The first-order chi connectivity index (χ1) is 16.4. The lowest BCUT2D eigenvalue weighted by atomic mass is 9.81. The molecule has 2 aromatic rings. The van der Waals surface area contributed by atoms with E-state index in [1.807, 2.05) is 34.6 Å². The quantitative estimate of drug-likeness (QED) is 0.408. The molecule has 2 heterocycles. The van der Waals surface area contributed by atoms with Crippen LogP contribution in [0, 0.1) is 5.41 Å². The molecule has 0 spiro atoms. The molecular weight excluding hydrogens is 464 g/mol. The van der Waals surface area contributed by atoms with E-state index in [1.54, 1.807) is 30.3 Å². The summed E-state index contributed by atoms with van der Waals surface area (Å²) >= 11 is 0. The highest BCUT2D eigenvalue weighted by atomic mass is 32.2. The van der Waals surface area contributed by atoms with Gasteiger partial charge in [-0.25, -0.2) is 9.78 Å². The highest BCUT2D eigenvalue weighted by molar-refractivity contribution is 7.92. The minimum Gasteiger partial charge on any atom is -0.511 e. The zero-order chi connectivity index (χ0) is 25.9. The van der Waals surface area contributed by atoms with Gasteiger partial charge < -0.3 is 9.84 Å². The van der Waals surface area contributed by atoms with Crippen LogP contribution in [0.3, 0.4) is 0 Å². The largest absolute Gasteiger partial charge is 0.511 e. The number of carbonyl (C=O) groups is 1. The Morgan fingerprint density at radius 3 is 2.31 bits per heavy atom. The van der Waals surface area contributed by atoms with Gasteiger partial charge in [0.1, 0.15) is 16.9 Å². The van der Waals surface area contributed by atoms with E-state index in [9.17, 15) is 18.3 Å². The fraction of sp³-hybridized carbons (Fsp3) is 0.481.